The molecule has 62 heavy (non-hydrogen) atoms. The largest absolute Gasteiger partial charge is 0.492 e. The summed E-state index contributed by atoms with van der Waals surface area (Å²) in [5.74, 6) is 1.77. The molecular formula is C46H47N9O7. The van der Waals surface area contributed by atoms with Crippen LogP contribution in [0, 0.1) is 0 Å². The zero-order valence-electron chi connectivity index (χ0n) is 34.4. The smallest absolute Gasteiger partial charge is 0.287 e. The number of carbonyl (C=O) groups excluding carboxylic acids is 3. The maximum absolute atomic E-state index is 12.6. The van der Waals surface area contributed by atoms with E-state index >= 15 is 0 Å². The summed E-state index contributed by atoms with van der Waals surface area (Å²) in [6.45, 7) is 6.00. The van der Waals surface area contributed by atoms with Crippen LogP contribution in [-0.2, 0) is 11.3 Å². The van der Waals surface area contributed by atoms with Gasteiger partial charge in [-0.2, -0.15) is 5.10 Å². The topological polar surface area (TPSA) is 203 Å². The van der Waals surface area contributed by atoms with E-state index in [0.29, 0.717) is 64.8 Å². The molecule has 0 radical (unpaired) electrons. The zero-order chi connectivity index (χ0) is 43.6. The van der Waals surface area contributed by atoms with Gasteiger partial charge in [-0.15, -0.1) is 0 Å². The van der Waals surface area contributed by atoms with Gasteiger partial charge in [-0.25, -0.2) is 20.1 Å². The van der Waals surface area contributed by atoms with Crippen LogP contribution in [0.25, 0.3) is 33.3 Å². The number of nitrogens with one attached hydrogen (secondary N) is 2. The summed E-state index contributed by atoms with van der Waals surface area (Å²) >= 11 is 0. The van der Waals surface area contributed by atoms with Gasteiger partial charge >= 0.3 is 0 Å². The van der Waals surface area contributed by atoms with Crippen molar-refractivity contribution in [3.05, 3.63) is 139 Å². The Balaban J connectivity index is 0.000000188. The van der Waals surface area contributed by atoms with Crippen LogP contribution in [0.2, 0.25) is 0 Å². The highest BCUT2D eigenvalue weighted by molar-refractivity contribution is 5.99. The minimum absolute atomic E-state index is 0.00566. The van der Waals surface area contributed by atoms with Gasteiger partial charge in [-0.1, -0.05) is 43.0 Å². The van der Waals surface area contributed by atoms with E-state index in [9.17, 15) is 14.4 Å². The number of likely N-dealkylation sites (tertiary alicyclic amines) is 1. The molecule has 1 atom stereocenters. The second-order valence-corrected chi connectivity index (χ2v) is 14.7. The number of amides is 3. The molecule has 4 aromatic carbocycles. The molecule has 5 N–H and O–H groups in total. The molecule has 8 rings (SSSR count). The van der Waals surface area contributed by atoms with Crippen LogP contribution in [0.5, 0.6) is 17.2 Å². The van der Waals surface area contributed by atoms with Crippen molar-refractivity contribution in [3.8, 4) is 28.5 Å². The van der Waals surface area contributed by atoms with Crippen molar-refractivity contribution in [2.45, 2.75) is 25.4 Å². The number of carbonyl (C=O) groups is 3. The van der Waals surface area contributed by atoms with Crippen LogP contribution in [0.1, 0.15) is 45.4 Å². The highest BCUT2D eigenvalue weighted by atomic mass is 16.5. The van der Waals surface area contributed by atoms with Gasteiger partial charge in [0.2, 0.25) is 5.91 Å². The average Bonchev–Trinajstić information content (AvgIpc) is 3.88. The highest BCUT2D eigenvalue weighted by Gasteiger charge is 2.28. The lowest BCUT2D eigenvalue weighted by atomic mass is 10.1. The molecule has 4 heterocycles. The second kappa shape index (κ2) is 19.7. The highest BCUT2D eigenvalue weighted by Crippen LogP contribution is 2.35. The van der Waals surface area contributed by atoms with Crippen LogP contribution in [0.15, 0.2) is 127 Å². The first-order valence-electron chi connectivity index (χ1n) is 20.0. The molecule has 1 saturated heterocycles. The predicted molar refractivity (Wildman–Crippen MR) is 234 cm³/mol. The maximum Gasteiger partial charge on any atom is 0.287 e. The predicted octanol–water partition coefficient (Wildman–Crippen LogP) is 6.64. The summed E-state index contributed by atoms with van der Waals surface area (Å²) in [4.78, 5) is 48.6. The number of furan rings is 1. The minimum atomic E-state index is -0.594. The molecule has 7 aromatic rings. The molecule has 318 valence electrons. The number of nitrogens with zero attached hydrogens (tertiary/aromatic N) is 6. The number of fused-ring (bicyclic) bond motifs is 2. The Kier molecular flexibility index (Phi) is 13.5. The maximum atomic E-state index is 12.6. The molecule has 3 aromatic heterocycles. The summed E-state index contributed by atoms with van der Waals surface area (Å²) in [6.07, 6.45) is 4.58. The van der Waals surface area contributed by atoms with Gasteiger partial charge in [0.25, 0.3) is 11.8 Å². The fraction of sp³-hybridized carbons (Fsp3) is 0.217. The van der Waals surface area contributed by atoms with E-state index in [4.69, 9.17) is 29.9 Å². The van der Waals surface area contributed by atoms with E-state index in [2.05, 4.69) is 21.9 Å². The summed E-state index contributed by atoms with van der Waals surface area (Å²) in [6, 6.07) is 31.2. The third kappa shape index (κ3) is 9.89. The number of piperidine rings is 1. The second-order valence-electron chi connectivity index (χ2n) is 14.7. The third-order valence-corrected chi connectivity index (χ3v) is 10.1. The summed E-state index contributed by atoms with van der Waals surface area (Å²) in [7, 11) is 3.87. The molecule has 1 fully saturated rings. The molecule has 0 aliphatic carbocycles. The molecule has 16 heteroatoms. The number of para-hydroxylation sites is 2. The molecule has 0 unspecified atom stereocenters. The van der Waals surface area contributed by atoms with Gasteiger partial charge in [-0.05, 0) is 99.7 Å². The Morgan fingerprint density at radius 2 is 1.65 bits per heavy atom. The monoisotopic (exact) mass is 837 g/mol. The first-order chi connectivity index (χ1) is 30.1. The van der Waals surface area contributed by atoms with Gasteiger partial charge in [-0.3, -0.25) is 19.6 Å². The molecule has 16 nitrogen and oxygen atoms in total. The quantitative estimate of drug-likeness (QED) is 0.0418. The SMILES string of the molecule is C=CC(=O)N1CCC[C@@H](n2nc(-c3ccc(Oc4ccccc4)cc3)c3c(N)ncnc32)C1.CN(C)Cc1c(C(=O)NCCOc2ccc(C(=O)NO)cc2)oc2ccccc12. The third-order valence-electron chi connectivity index (χ3n) is 10.1. The number of benzene rings is 4. The van der Waals surface area contributed by atoms with Crippen molar-refractivity contribution in [2.24, 2.45) is 0 Å². The summed E-state index contributed by atoms with van der Waals surface area (Å²) in [5.41, 5.74) is 11.9. The number of nitrogen functional groups attached to an aromatic ring is 1. The van der Waals surface area contributed by atoms with Gasteiger partial charge in [0.05, 0.1) is 18.0 Å². The number of rotatable bonds is 13. The molecule has 0 spiro atoms. The fourth-order valence-corrected chi connectivity index (χ4v) is 7.18. The number of nitrogens with two attached hydrogens (primary N) is 1. The van der Waals surface area contributed by atoms with E-state index < -0.39 is 5.91 Å². The molecule has 0 bridgehead atoms. The normalized spacial score (nSPS) is 13.6. The van der Waals surface area contributed by atoms with E-state index in [1.54, 1.807) is 22.5 Å². The summed E-state index contributed by atoms with van der Waals surface area (Å²) < 4.78 is 19.1. The van der Waals surface area contributed by atoms with Gasteiger partial charge in [0, 0.05) is 41.7 Å². The van der Waals surface area contributed by atoms with Gasteiger partial charge in [0.1, 0.15) is 47.3 Å². The molecular weight excluding hydrogens is 791 g/mol. The Labute approximate surface area is 357 Å². The lowest BCUT2D eigenvalue weighted by molar-refractivity contribution is -0.127. The number of hydrogen-bond acceptors (Lipinski definition) is 12. The lowest BCUT2D eigenvalue weighted by Gasteiger charge is -2.32. The van der Waals surface area contributed by atoms with Crippen molar-refractivity contribution < 1.29 is 33.5 Å². The van der Waals surface area contributed by atoms with Crippen molar-refractivity contribution >= 4 is 45.5 Å². The zero-order valence-corrected chi connectivity index (χ0v) is 34.4. The van der Waals surface area contributed by atoms with E-state index in [0.717, 1.165) is 40.9 Å². The van der Waals surface area contributed by atoms with Crippen molar-refractivity contribution in [3.63, 3.8) is 0 Å². The van der Waals surface area contributed by atoms with Crippen LogP contribution in [0.4, 0.5) is 5.82 Å². The first-order valence-corrected chi connectivity index (χ1v) is 20.0. The molecule has 1 aliphatic heterocycles. The number of aromatic nitrogens is 4. The molecule has 1 aliphatic rings. The van der Waals surface area contributed by atoms with Crippen LogP contribution in [0.3, 0.4) is 0 Å². The van der Waals surface area contributed by atoms with Gasteiger partial charge in [0.15, 0.2) is 11.4 Å². The number of anilines is 1. The number of hydroxylamine groups is 1. The van der Waals surface area contributed by atoms with E-state index in [-0.39, 0.29) is 31.0 Å². The minimum Gasteiger partial charge on any atom is -0.492 e. The standard InChI is InChI=1S/C25H24N6O2.C21H23N3O5/c1-2-21(32)30-14-6-7-18(15-30)31-25-22(24(26)27-16-28-25)23(29-31)17-10-12-20(13-11-17)33-19-8-4-3-5-9-19;1-24(2)13-17-16-5-3-4-6-18(16)29-19(17)21(26)22-11-12-28-15-9-7-14(8-10-15)20(25)23-27/h2-5,8-13,16,18H,1,6-7,14-15H2,(H2,26,27,28);3-10,27H,11-13H2,1-2H3,(H,22,26)(H,23,25)/t18-;/m1./s1. The Hall–Kier alpha value is -7.56. The Morgan fingerprint density at radius 3 is 2.37 bits per heavy atom. The van der Waals surface area contributed by atoms with Crippen molar-refractivity contribution in [2.75, 3.05) is 46.1 Å². The van der Waals surface area contributed by atoms with Crippen molar-refractivity contribution in [1.82, 2.24) is 40.3 Å². The Bertz CT molecular complexity index is 2660. The average molecular weight is 838 g/mol. The van der Waals surface area contributed by atoms with E-state index in [1.807, 2.05) is 103 Å². The first kappa shape index (κ1) is 42.6. The number of hydrogen-bond donors (Lipinski definition) is 4. The van der Waals surface area contributed by atoms with Gasteiger partial charge < -0.3 is 34.7 Å². The lowest BCUT2D eigenvalue weighted by Crippen LogP contribution is -2.40. The Morgan fingerprint density at radius 1 is 0.935 bits per heavy atom. The fourth-order valence-electron chi connectivity index (χ4n) is 7.18. The molecule has 0 saturated carbocycles. The van der Waals surface area contributed by atoms with E-state index in [1.165, 1.54) is 24.5 Å². The summed E-state index contributed by atoms with van der Waals surface area (Å²) in [5, 5.41) is 18.0. The molecule has 3 amide bonds. The van der Waals surface area contributed by atoms with Crippen molar-refractivity contribution in [1.29, 1.82) is 0 Å². The van der Waals surface area contributed by atoms with Crippen LogP contribution < -0.4 is 26.0 Å². The van der Waals surface area contributed by atoms with Crippen LogP contribution in [-0.4, -0.2) is 92.8 Å². The number of ether oxygens (including phenoxy) is 2. The van der Waals surface area contributed by atoms with Crippen LogP contribution >= 0.6 is 0 Å².